The predicted octanol–water partition coefficient (Wildman–Crippen LogP) is 3.37. The second-order valence-electron chi connectivity index (χ2n) is 6.55. The van der Waals surface area contributed by atoms with Gasteiger partial charge in [-0.2, -0.15) is 0 Å². The summed E-state index contributed by atoms with van der Waals surface area (Å²) in [7, 11) is 0. The first-order chi connectivity index (χ1) is 8.97. The van der Waals surface area contributed by atoms with Crippen molar-refractivity contribution in [1.82, 2.24) is 5.32 Å². The predicted molar refractivity (Wildman–Crippen MR) is 80.5 cm³/mol. The maximum atomic E-state index is 5.96. The molecule has 3 unspecified atom stereocenters. The van der Waals surface area contributed by atoms with Crippen molar-refractivity contribution in [3.05, 3.63) is 0 Å². The van der Waals surface area contributed by atoms with E-state index in [1.54, 1.807) is 0 Å². The van der Waals surface area contributed by atoms with E-state index in [4.69, 9.17) is 9.47 Å². The summed E-state index contributed by atoms with van der Waals surface area (Å²) in [6.45, 7) is 12.9. The number of nitrogens with one attached hydrogen (secondary N) is 1. The van der Waals surface area contributed by atoms with Crippen LogP contribution in [0.1, 0.15) is 60.3 Å². The zero-order valence-corrected chi connectivity index (χ0v) is 13.4. The van der Waals surface area contributed by atoms with Gasteiger partial charge in [-0.25, -0.2) is 0 Å². The molecule has 0 aromatic heterocycles. The molecule has 1 rings (SSSR count). The Labute approximate surface area is 119 Å². The number of hydrogen-bond donors (Lipinski definition) is 1. The van der Waals surface area contributed by atoms with Gasteiger partial charge in [-0.3, -0.25) is 0 Å². The van der Waals surface area contributed by atoms with Crippen LogP contribution in [-0.4, -0.2) is 37.5 Å². The van der Waals surface area contributed by atoms with Gasteiger partial charge in [0.1, 0.15) is 0 Å². The summed E-state index contributed by atoms with van der Waals surface area (Å²) in [5.74, 6) is 0.797. The number of rotatable bonds is 8. The van der Waals surface area contributed by atoms with Crippen molar-refractivity contribution in [3.63, 3.8) is 0 Å². The zero-order chi connectivity index (χ0) is 14.3. The summed E-state index contributed by atoms with van der Waals surface area (Å²) in [6, 6.07) is 0.596. The molecule has 3 atom stereocenters. The van der Waals surface area contributed by atoms with Crippen molar-refractivity contribution in [2.75, 3.05) is 13.2 Å². The van der Waals surface area contributed by atoms with Crippen LogP contribution in [0.2, 0.25) is 0 Å². The SMILES string of the molecule is CC(C)CCC(C)NCCOC1CC(C)OC(C)C1. The van der Waals surface area contributed by atoms with E-state index in [9.17, 15) is 0 Å². The monoisotopic (exact) mass is 271 g/mol. The van der Waals surface area contributed by atoms with E-state index in [-0.39, 0.29) is 0 Å². The Kier molecular flexibility index (Phi) is 7.96. The molecule has 0 aromatic rings. The van der Waals surface area contributed by atoms with Gasteiger partial charge in [0.15, 0.2) is 0 Å². The molecule has 0 bridgehead atoms. The Morgan fingerprint density at radius 2 is 1.74 bits per heavy atom. The van der Waals surface area contributed by atoms with Crippen LogP contribution in [0.25, 0.3) is 0 Å². The van der Waals surface area contributed by atoms with Gasteiger partial charge >= 0.3 is 0 Å². The Balaban J connectivity index is 2.03. The summed E-state index contributed by atoms with van der Waals surface area (Å²) in [4.78, 5) is 0. The highest BCUT2D eigenvalue weighted by atomic mass is 16.5. The van der Waals surface area contributed by atoms with Crippen LogP contribution in [0.4, 0.5) is 0 Å². The van der Waals surface area contributed by atoms with Crippen LogP contribution in [-0.2, 0) is 9.47 Å². The van der Waals surface area contributed by atoms with Crippen LogP contribution in [0.5, 0.6) is 0 Å². The Hall–Kier alpha value is -0.120. The number of ether oxygens (including phenoxy) is 2. The van der Waals surface area contributed by atoms with Crippen LogP contribution < -0.4 is 5.32 Å². The Morgan fingerprint density at radius 3 is 2.32 bits per heavy atom. The average molecular weight is 271 g/mol. The highest BCUT2D eigenvalue weighted by Gasteiger charge is 2.24. The van der Waals surface area contributed by atoms with Crippen LogP contribution >= 0.6 is 0 Å². The summed E-state index contributed by atoms with van der Waals surface area (Å²) in [5.41, 5.74) is 0. The summed E-state index contributed by atoms with van der Waals surface area (Å²) in [5, 5.41) is 3.54. The van der Waals surface area contributed by atoms with Gasteiger partial charge in [-0.15, -0.1) is 0 Å². The minimum absolute atomic E-state index is 0.340. The highest BCUT2D eigenvalue weighted by molar-refractivity contribution is 4.73. The zero-order valence-electron chi connectivity index (χ0n) is 13.4. The molecule has 0 radical (unpaired) electrons. The molecular weight excluding hydrogens is 238 g/mol. The minimum Gasteiger partial charge on any atom is -0.377 e. The van der Waals surface area contributed by atoms with Gasteiger partial charge in [0.2, 0.25) is 0 Å². The van der Waals surface area contributed by atoms with Gasteiger partial charge in [0.25, 0.3) is 0 Å². The smallest absolute Gasteiger partial charge is 0.0625 e. The van der Waals surface area contributed by atoms with Crippen molar-refractivity contribution in [2.45, 2.75) is 84.7 Å². The van der Waals surface area contributed by atoms with E-state index in [1.165, 1.54) is 12.8 Å². The molecule has 0 saturated carbocycles. The van der Waals surface area contributed by atoms with Gasteiger partial charge in [-0.05, 0) is 52.4 Å². The van der Waals surface area contributed by atoms with E-state index >= 15 is 0 Å². The van der Waals surface area contributed by atoms with E-state index in [1.807, 2.05) is 0 Å². The van der Waals surface area contributed by atoms with E-state index in [0.717, 1.165) is 31.9 Å². The molecule has 0 amide bonds. The molecule has 1 heterocycles. The maximum absolute atomic E-state index is 5.96. The van der Waals surface area contributed by atoms with Crippen LogP contribution in [0.3, 0.4) is 0 Å². The molecule has 0 aromatic carbocycles. The fraction of sp³-hybridized carbons (Fsp3) is 1.00. The van der Waals surface area contributed by atoms with Crippen molar-refractivity contribution in [2.24, 2.45) is 5.92 Å². The lowest BCUT2D eigenvalue weighted by atomic mass is 10.0. The second kappa shape index (κ2) is 8.93. The standard InChI is InChI=1S/C16H33NO2/c1-12(2)6-7-13(3)17-8-9-18-16-10-14(4)19-15(5)11-16/h12-17H,6-11H2,1-5H3. The van der Waals surface area contributed by atoms with Crippen molar-refractivity contribution < 1.29 is 9.47 Å². The first-order valence-corrected chi connectivity index (χ1v) is 7.97. The van der Waals surface area contributed by atoms with Crippen LogP contribution in [0, 0.1) is 5.92 Å². The second-order valence-corrected chi connectivity index (χ2v) is 6.55. The molecule has 19 heavy (non-hydrogen) atoms. The first kappa shape index (κ1) is 16.9. The largest absolute Gasteiger partial charge is 0.377 e. The minimum atomic E-state index is 0.340. The summed E-state index contributed by atoms with van der Waals surface area (Å²) < 4.78 is 11.7. The molecule has 3 heteroatoms. The quantitative estimate of drug-likeness (QED) is 0.687. The molecule has 114 valence electrons. The normalized spacial score (nSPS) is 29.7. The lowest BCUT2D eigenvalue weighted by molar-refractivity contribution is -0.101. The van der Waals surface area contributed by atoms with Crippen molar-refractivity contribution in [3.8, 4) is 0 Å². The van der Waals surface area contributed by atoms with Crippen molar-refractivity contribution >= 4 is 0 Å². The third-order valence-corrected chi connectivity index (χ3v) is 3.78. The van der Waals surface area contributed by atoms with Gasteiger partial charge in [0, 0.05) is 12.6 Å². The van der Waals surface area contributed by atoms with Gasteiger partial charge < -0.3 is 14.8 Å². The lowest BCUT2D eigenvalue weighted by Gasteiger charge is -2.32. The molecule has 1 saturated heterocycles. The first-order valence-electron chi connectivity index (χ1n) is 7.97. The van der Waals surface area contributed by atoms with Gasteiger partial charge in [0.05, 0.1) is 24.9 Å². The summed E-state index contributed by atoms with van der Waals surface area (Å²) >= 11 is 0. The third kappa shape index (κ3) is 7.91. The van der Waals surface area contributed by atoms with Gasteiger partial charge in [-0.1, -0.05) is 13.8 Å². The van der Waals surface area contributed by atoms with E-state index < -0.39 is 0 Å². The molecule has 0 aliphatic carbocycles. The fourth-order valence-electron chi connectivity index (χ4n) is 2.70. The van der Waals surface area contributed by atoms with E-state index in [0.29, 0.717) is 24.4 Å². The van der Waals surface area contributed by atoms with E-state index in [2.05, 4.69) is 39.9 Å². The molecule has 1 fully saturated rings. The third-order valence-electron chi connectivity index (χ3n) is 3.78. The molecule has 1 aliphatic heterocycles. The molecular formula is C16H33NO2. The average Bonchev–Trinajstić information content (AvgIpc) is 2.31. The topological polar surface area (TPSA) is 30.5 Å². The fourth-order valence-corrected chi connectivity index (χ4v) is 2.70. The number of hydrogen-bond acceptors (Lipinski definition) is 3. The van der Waals surface area contributed by atoms with Crippen LogP contribution in [0.15, 0.2) is 0 Å². The highest BCUT2D eigenvalue weighted by Crippen LogP contribution is 2.21. The molecule has 1 aliphatic rings. The van der Waals surface area contributed by atoms with Crippen molar-refractivity contribution in [1.29, 1.82) is 0 Å². The Morgan fingerprint density at radius 1 is 1.11 bits per heavy atom. The maximum Gasteiger partial charge on any atom is 0.0625 e. The molecule has 0 spiro atoms. The Bertz CT molecular complexity index is 223. The molecule has 3 nitrogen and oxygen atoms in total. The lowest BCUT2D eigenvalue weighted by Crippen LogP contribution is -2.36. The molecule has 1 N–H and O–H groups in total. The summed E-state index contributed by atoms with van der Waals surface area (Å²) in [6.07, 6.45) is 5.68.